The van der Waals surface area contributed by atoms with Crippen molar-refractivity contribution in [3.05, 3.63) is 21.3 Å². The first-order chi connectivity index (χ1) is 9.24. The summed E-state index contributed by atoms with van der Waals surface area (Å²) in [5.74, 6) is 0.0354. The van der Waals surface area contributed by atoms with Crippen LogP contribution in [0.3, 0.4) is 0 Å². The topological polar surface area (TPSA) is 49.8 Å². The number of β-amino-alcohol motifs (C(OH)–C–C–N with tert-alkyl or cyclic N) is 1. The number of thiophene rings is 1. The molecule has 20 heavy (non-hydrogen) atoms. The lowest BCUT2D eigenvalue weighted by molar-refractivity contribution is 0.0270. The highest BCUT2D eigenvalue weighted by Gasteiger charge is 2.36. The fourth-order valence-corrected chi connectivity index (χ4v) is 3.21. The lowest BCUT2D eigenvalue weighted by Crippen LogP contribution is -2.35. The molecule has 2 rings (SSSR count). The molecule has 1 fully saturated rings. The molecule has 1 amide bonds. The van der Waals surface area contributed by atoms with Gasteiger partial charge in [-0.3, -0.25) is 0 Å². The molecular weight excluding hydrogens is 298 g/mol. The Morgan fingerprint density at radius 3 is 2.80 bits per heavy atom. The summed E-state index contributed by atoms with van der Waals surface area (Å²) in [6.45, 7) is 6.35. The van der Waals surface area contributed by atoms with Crippen molar-refractivity contribution in [2.45, 2.75) is 38.9 Å². The van der Waals surface area contributed by atoms with Crippen LogP contribution in [-0.4, -0.2) is 40.9 Å². The molecule has 2 heterocycles. The van der Waals surface area contributed by atoms with E-state index in [0.717, 1.165) is 16.3 Å². The van der Waals surface area contributed by atoms with E-state index in [4.69, 9.17) is 16.3 Å². The van der Waals surface area contributed by atoms with Crippen LogP contribution in [0.15, 0.2) is 11.4 Å². The summed E-state index contributed by atoms with van der Waals surface area (Å²) >= 11 is 7.39. The van der Waals surface area contributed by atoms with Gasteiger partial charge in [-0.25, -0.2) is 4.79 Å². The van der Waals surface area contributed by atoms with E-state index < -0.39 is 11.7 Å². The highest BCUT2D eigenvalue weighted by atomic mass is 35.5. The van der Waals surface area contributed by atoms with Crippen molar-refractivity contribution < 1.29 is 14.6 Å². The molecule has 0 aromatic carbocycles. The zero-order valence-corrected chi connectivity index (χ0v) is 13.5. The highest BCUT2D eigenvalue weighted by molar-refractivity contribution is 7.14. The lowest BCUT2D eigenvalue weighted by Gasteiger charge is -2.24. The summed E-state index contributed by atoms with van der Waals surface area (Å²) in [6.07, 6.45) is -0.146. The van der Waals surface area contributed by atoms with Crippen LogP contribution >= 0.6 is 22.9 Å². The molecule has 0 saturated carbocycles. The fourth-order valence-electron chi connectivity index (χ4n) is 2.29. The maximum atomic E-state index is 12.0. The van der Waals surface area contributed by atoms with Crippen molar-refractivity contribution in [2.24, 2.45) is 5.92 Å². The number of halogens is 1. The summed E-state index contributed by atoms with van der Waals surface area (Å²) in [5, 5.41) is 12.1. The normalized spacial score (nSPS) is 23.1. The van der Waals surface area contributed by atoms with Gasteiger partial charge in [-0.15, -0.1) is 11.3 Å². The molecule has 0 bridgehead atoms. The first-order valence-corrected chi connectivity index (χ1v) is 7.89. The van der Waals surface area contributed by atoms with E-state index in [2.05, 4.69) is 0 Å². The molecule has 1 aromatic rings. The monoisotopic (exact) mass is 317 g/mol. The number of likely N-dealkylation sites (tertiary alicyclic amines) is 1. The van der Waals surface area contributed by atoms with Gasteiger partial charge in [0.25, 0.3) is 0 Å². The van der Waals surface area contributed by atoms with Crippen LogP contribution in [0.5, 0.6) is 0 Å². The third kappa shape index (κ3) is 4.11. The molecule has 0 radical (unpaired) electrons. The minimum atomic E-state index is -0.513. The summed E-state index contributed by atoms with van der Waals surface area (Å²) in [7, 11) is 0. The number of hydrogen-bond acceptors (Lipinski definition) is 4. The fraction of sp³-hybridized carbons (Fsp3) is 0.643. The van der Waals surface area contributed by atoms with Gasteiger partial charge in [-0.05, 0) is 44.2 Å². The number of ether oxygens (including phenoxy) is 1. The maximum absolute atomic E-state index is 12.0. The molecule has 0 spiro atoms. The molecule has 1 aliphatic rings. The smallest absolute Gasteiger partial charge is 0.410 e. The van der Waals surface area contributed by atoms with Crippen molar-refractivity contribution in [2.75, 3.05) is 13.1 Å². The zero-order valence-electron chi connectivity index (χ0n) is 11.9. The number of aliphatic hydroxyl groups excluding tert-OH is 1. The van der Waals surface area contributed by atoms with Crippen molar-refractivity contribution in [3.63, 3.8) is 0 Å². The Balaban J connectivity index is 1.93. The molecule has 4 nitrogen and oxygen atoms in total. The average Bonchev–Trinajstić information content (AvgIpc) is 2.85. The van der Waals surface area contributed by atoms with E-state index in [1.807, 2.05) is 32.2 Å². The second-order valence-corrected chi connectivity index (χ2v) is 7.72. The quantitative estimate of drug-likeness (QED) is 0.911. The molecule has 0 aliphatic carbocycles. The molecule has 1 aliphatic heterocycles. The molecule has 112 valence electrons. The van der Waals surface area contributed by atoms with E-state index in [9.17, 15) is 9.90 Å². The standard InChI is InChI=1S/C14H20ClNO3S/c1-14(2,3)19-13(18)16-6-10(11(17)7-16)4-9-5-12(15)20-8-9/h5,8,10-11,17H,4,6-7H2,1-3H3/t10-,11-/m1/s1. The van der Waals surface area contributed by atoms with Crippen LogP contribution in [-0.2, 0) is 11.2 Å². The average molecular weight is 318 g/mol. The maximum Gasteiger partial charge on any atom is 0.410 e. The van der Waals surface area contributed by atoms with Crippen molar-refractivity contribution >= 4 is 29.0 Å². The number of amides is 1. The predicted octanol–water partition coefficient (Wildman–Crippen LogP) is 3.17. The molecule has 0 unspecified atom stereocenters. The Bertz CT molecular complexity index is 483. The minimum absolute atomic E-state index is 0.0354. The number of hydrogen-bond donors (Lipinski definition) is 1. The second-order valence-electron chi connectivity index (χ2n) is 6.18. The van der Waals surface area contributed by atoms with Gasteiger partial charge in [0.2, 0.25) is 0 Å². The van der Waals surface area contributed by atoms with E-state index in [-0.39, 0.29) is 12.0 Å². The van der Waals surface area contributed by atoms with E-state index in [0.29, 0.717) is 13.1 Å². The molecule has 2 atom stereocenters. The van der Waals surface area contributed by atoms with Gasteiger partial charge in [-0.1, -0.05) is 11.6 Å². The summed E-state index contributed by atoms with van der Waals surface area (Å²) < 4.78 is 6.08. The number of carbonyl (C=O) groups excluding carboxylic acids is 1. The third-order valence-corrected chi connectivity index (χ3v) is 4.32. The second kappa shape index (κ2) is 5.92. The molecule has 1 saturated heterocycles. The number of carbonyl (C=O) groups is 1. The first kappa shape index (κ1) is 15.6. The van der Waals surface area contributed by atoms with Gasteiger partial charge < -0.3 is 14.7 Å². The Morgan fingerprint density at radius 1 is 1.55 bits per heavy atom. The molecular formula is C14H20ClNO3S. The van der Waals surface area contributed by atoms with Gasteiger partial charge in [0, 0.05) is 12.5 Å². The third-order valence-electron chi connectivity index (χ3n) is 3.18. The zero-order chi connectivity index (χ0) is 14.9. The van der Waals surface area contributed by atoms with Crippen molar-refractivity contribution in [1.29, 1.82) is 0 Å². The Kier molecular flexibility index (Phi) is 4.62. The van der Waals surface area contributed by atoms with Crippen LogP contribution in [0.2, 0.25) is 4.34 Å². The Labute approximate surface area is 128 Å². The predicted molar refractivity (Wildman–Crippen MR) is 80.3 cm³/mol. The lowest BCUT2D eigenvalue weighted by atomic mass is 9.99. The minimum Gasteiger partial charge on any atom is -0.444 e. The van der Waals surface area contributed by atoms with Crippen LogP contribution in [0.4, 0.5) is 4.79 Å². The summed E-state index contributed by atoms with van der Waals surface area (Å²) in [4.78, 5) is 13.6. The number of nitrogens with zero attached hydrogens (tertiary/aromatic N) is 1. The SMILES string of the molecule is CC(C)(C)OC(=O)N1C[C@@H](Cc2csc(Cl)c2)[C@H](O)C1. The molecule has 1 N–H and O–H groups in total. The first-order valence-electron chi connectivity index (χ1n) is 6.63. The summed E-state index contributed by atoms with van der Waals surface area (Å²) in [5.41, 5.74) is 0.594. The van der Waals surface area contributed by atoms with E-state index >= 15 is 0 Å². The van der Waals surface area contributed by atoms with Crippen LogP contribution < -0.4 is 0 Å². The highest BCUT2D eigenvalue weighted by Crippen LogP contribution is 2.27. The van der Waals surface area contributed by atoms with Gasteiger partial charge in [0.1, 0.15) is 5.60 Å². The number of aliphatic hydroxyl groups is 1. The number of rotatable bonds is 2. The summed E-state index contributed by atoms with van der Waals surface area (Å²) in [6, 6.07) is 1.91. The van der Waals surface area contributed by atoms with Crippen LogP contribution in [0, 0.1) is 5.92 Å². The Morgan fingerprint density at radius 2 is 2.25 bits per heavy atom. The van der Waals surface area contributed by atoms with Crippen molar-refractivity contribution in [1.82, 2.24) is 4.90 Å². The largest absolute Gasteiger partial charge is 0.444 e. The van der Waals surface area contributed by atoms with Crippen LogP contribution in [0.1, 0.15) is 26.3 Å². The van der Waals surface area contributed by atoms with Gasteiger partial charge in [0.15, 0.2) is 0 Å². The molecule has 6 heteroatoms. The van der Waals surface area contributed by atoms with Crippen molar-refractivity contribution in [3.8, 4) is 0 Å². The van der Waals surface area contributed by atoms with Crippen LogP contribution in [0.25, 0.3) is 0 Å². The molecule has 1 aromatic heterocycles. The van der Waals surface area contributed by atoms with E-state index in [1.165, 1.54) is 11.3 Å². The van der Waals surface area contributed by atoms with Gasteiger partial charge in [0.05, 0.1) is 17.0 Å². The van der Waals surface area contributed by atoms with E-state index in [1.54, 1.807) is 4.90 Å². The van der Waals surface area contributed by atoms with Gasteiger partial charge >= 0.3 is 6.09 Å². The Hall–Kier alpha value is -0.780. The van der Waals surface area contributed by atoms with Gasteiger partial charge in [-0.2, -0.15) is 0 Å².